The molecule has 10 heavy (non-hydrogen) atoms. The standard InChI is InChI=1S/C6H9N3O/c7-3-1-4(8)6(9)5(10)2-3/h1-2,10H,7-9H2. The zero-order valence-corrected chi connectivity index (χ0v) is 5.33. The topological polar surface area (TPSA) is 98.3 Å². The van der Waals surface area contributed by atoms with Crippen LogP contribution in [0.4, 0.5) is 17.1 Å². The van der Waals surface area contributed by atoms with Crippen LogP contribution in [0, 0.1) is 0 Å². The summed E-state index contributed by atoms with van der Waals surface area (Å²) in [5, 5.41) is 9.00. The van der Waals surface area contributed by atoms with Crippen LogP contribution in [-0.4, -0.2) is 5.11 Å². The number of anilines is 3. The lowest BCUT2D eigenvalue weighted by atomic mass is 10.2. The van der Waals surface area contributed by atoms with E-state index in [0.29, 0.717) is 11.4 Å². The van der Waals surface area contributed by atoms with Crippen molar-refractivity contribution >= 4 is 17.1 Å². The van der Waals surface area contributed by atoms with Gasteiger partial charge in [-0.3, -0.25) is 0 Å². The van der Waals surface area contributed by atoms with Crippen LogP contribution >= 0.6 is 0 Å². The lowest BCUT2D eigenvalue weighted by Gasteiger charge is -2.02. The first-order chi connectivity index (χ1) is 4.61. The van der Waals surface area contributed by atoms with Crippen molar-refractivity contribution in [2.24, 2.45) is 0 Å². The molecule has 1 aromatic rings. The number of nitrogen functional groups attached to an aromatic ring is 3. The Labute approximate surface area is 58.2 Å². The van der Waals surface area contributed by atoms with E-state index in [1.165, 1.54) is 12.1 Å². The van der Waals surface area contributed by atoms with Gasteiger partial charge >= 0.3 is 0 Å². The molecule has 0 saturated carbocycles. The first-order valence-corrected chi connectivity index (χ1v) is 2.74. The highest BCUT2D eigenvalue weighted by atomic mass is 16.3. The number of hydrogen-bond donors (Lipinski definition) is 4. The van der Waals surface area contributed by atoms with Gasteiger partial charge in [0.2, 0.25) is 0 Å². The highest BCUT2D eigenvalue weighted by Gasteiger charge is 2.00. The predicted molar refractivity (Wildman–Crippen MR) is 41.3 cm³/mol. The van der Waals surface area contributed by atoms with Crippen molar-refractivity contribution in [1.82, 2.24) is 0 Å². The summed E-state index contributed by atoms with van der Waals surface area (Å²) in [7, 11) is 0. The Balaban J connectivity index is 3.31. The summed E-state index contributed by atoms with van der Waals surface area (Å²) >= 11 is 0. The summed E-state index contributed by atoms with van der Waals surface area (Å²) in [6.07, 6.45) is 0. The Kier molecular flexibility index (Phi) is 1.30. The maximum Gasteiger partial charge on any atom is 0.142 e. The SMILES string of the molecule is Nc1cc(N)c(N)c(O)c1. The number of rotatable bonds is 0. The molecule has 0 radical (unpaired) electrons. The second kappa shape index (κ2) is 1.98. The third-order valence-electron chi connectivity index (χ3n) is 1.21. The van der Waals surface area contributed by atoms with Gasteiger partial charge in [0, 0.05) is 11.8 Å². The summed E-state index contributed by atoms with van der Waals surface area (Å²) in [6.45, 7) is 0. The molecular formula is C6H9N3O. The first kappa shape index (κ1) is 6.54. The lowest BCUT2D eigenvalue weighted by Crippen LogP contribution is -1.96. The highest BCUT2D eigenvalue weighted by Crippen LogP contribution is 2.28. The quantitative estimate of drug-likeness (QED) is 0.303. The second-order valence-corrected chi connectivity index (χ2v) is 2.04. The molecule has 1 rings (SSSR count). The fraction of sp³-hybridized carbons (Fsp3) is 0. The van der Waals surface area contributed by atoms with E-state index >= 15 is 0 Å². The van der Waals surface area contributed by atoms with Gasteiger partial charge in [-0.15, -0.1) is 0 Å². The van der Waals surface area contributed by atoms with Crippen molar-refractivity contribution < 1.29 is 5.11 Å². The van der Waals surface area contributed by atoms with Gasteiger partial charge in [-0.05, 0) is 6.07 Å². The van der Waals surface area contributed by atoms with E-state index in [1.807, 2.05) is 0 Å². The summed E-state index contributed by atoms with van der Waals surface area (Å²) in [6, 6.07) is 2.85. The van der Waals surface area contributed by atoms with E-state index in [2.05, 4.69) is 0 Å². The number of aromatic hydroxyl groups is 1. The molecule has 0 aliphatic rings. The number of hydrogen-bond acceptors (Lipinski definition) is 4. The van der Waals surface area contributed by atoms with Crippen LogP contribution in [0.1, 0.15) is 0 Å². The number of phenols is 1. The number of benzene rings is 1. The number of phenolic OH excluding ortho intramolecular Hbond substituents is 1. The molecule has 4 nitrogen and oxygen atoms in total. The fourth-order valence-electron chi connectivity index (χ4n) is 0.682. The molecule has 7 N–H and O–H groups in total. The largest absolute Gasteiger partial charge is 0.506 e. The van der Waals surface area contributed by atoms with Crippen molar-refractivity contribution in [3.63, 3.8) is 0 Å². The molecule has 0 aromatic heterocycles. The van der Waals surface area contributed by atoms with Crippen LogP contribution < -0.4 is 17.2 Å². The van der Waals surface area contributed by atoms with Crippen LogP contribution in [0.15, 0.2) is 12.1 Å². The van der Waals surface area contributed by atoms with Crippen molar-refractivity contribution in [3.05, 3.63) is 12.1 Å². The zero-order chi connectivity index (χ0) is 7.72. The van der Waals surface area contributed by atoms with Gasteiger partial charge in [0.15, 0.2) is 0 Å². The summed E-state index contributed by atoms with van der Waals surface area (Å²) < 4.78 is 0. The molecular weight excluding hydrogens is 130 g/mol. The smallest absolute Gasteiger partial charge is 0.142 e. The molecule has 0 fully saturated rings. The third-order valence-corrected chi connectivity index (χ3v) is 1.21. The molecule has 0 aliphatic carbocycles. The predicted octanol–water partition coefficient (Wildman–Crippen LogP) is 0.139. The normalized spacial score (nSPS) is 9.60. The van der Waals surface area contributed by atoms with Crippen LogP contribution in [0.5, 0.6) is 5.75 Å². The summed E-state index contributed by atoms with van der Waals surface area (Å²) in [4.78, 5) is 0. The van der Waals surface area contributed by atoms with E-state index in [4.69, 9.17) is 22.3 Å². The second-order valence-electron chi connectivity index (χ2n) is 2.04. The van der Waals surface area contributed by atoms with E-state index in [9.17, 15) is 0 Å². The lowest BCUT2D eigenvalue weighted by molar-refractivity contribution is 0.478. The van der Waals surface area contributed by atoms with Crippen molar-refractivity contribution in [3.8, 4) is 5.75 Å². The van der Waals surface area contributed by atoms with E-state index in [0.717, 1.165) is 0 Å². The molecule has 0 spiro atoms. The van der Waals surface area contributed by atoms with Crippen molar-refractivity contribution in [2.45, 2.75) is 0 Å². The molecule has 0 aliphatic heterocycles. The maximum absolute atomic E-state index is 9.00. The summed E-state index contributed by atoms with van der Waals surface area (Å²) in [5.74, 6) is -0.0718. The monoisotopic (exact) mass is 139 g/mol. The molecule has 0 amide bonds. The molecule has 54 valence electrons. The van der Waals surface area contributed by atoms with Gasteiger partial charge in [0.25, 0.3) is 0 Å². The molecule has 4 heteroatoms. The minimum absolute atomic E-state index is 0.0718. The van der Waals surface area contributed by atoms with Gasteiger partial charge in [0.1, 0.15) is 5.75 Å². The van der Waals surface area contributed by atoms with E-state index < -0.39 is 0 Å². The Morgan fingerprint density at radius 2 is 1.70 bits per heavy atom. The third kappa shape index (κ3) is 0.907. The fourth-order valence-corrected chi connectivity index (χ4v) is 0.682. The summed E-state index contributed by atoms with van der Waals surface area (Å²) in [5.41, 5.74) is 16.9. The molecule has 1 aromatic carbocycles. The molecule has 0 atom stereocenters. The number of nitrogens with two attached hydrogens (primary N) is 3. The van der Waals surface area contributed by atoms with Crippen molar-refractivity contribution in [2.75, 3.05) is 17.2 Å². The van der Waals surface area contributed by atoms with Crippen LogP contribution in [0.2, 0.25) is 0 Å². The Hall–Kier alpha value is -1.58. The minimum Gasteiger partial charge on any atom is -0.506 e. The molecule has 0 unspecified atom stereocenters. The Morgan fingerprint density at radius 1 is 1.10 bits per heavy atom. The van der Waals surface area contributed by atoms with Crippen LogP contribution in [0.25, 0.3) is 0 Å². The van der Waals surface area contributed by atoms with Gasteiger partial charge < -0.3 is 22.3 Å². The maximum atomic E-state index is 9.00. The average Bonchev–Trinajstić information content (AvgIpc) is 1.82. The van der Waals surface area contributed by atoms with Crippen molar-refractivity contribution in [1.29, 1.82) is 0 Å². The zero-order valence-electron chi connectivity index (χ0n) is 5.33. The van der Waals surface area contributed by atoms with Gasteiger partial charge in [-0.1, -0.05) is 0 Å². The molecule has 0 heterocycles. The Morgan fingerprint density at radius 3 is 2.20 bits per heavy atom. The average molecular weight is 139 g/mol. The Bertz CT molecular complexity index is 236. The van der Waals surface area contributed by atoms with E-state index in [1.54, 1.807) is 0 Å². The van der Waals surface area contributed by atoms with Gasteiger partial charge in [-0.25, -0.2) is 0 Å². The van der Waals surface area contributed by atoms with Gasteiger partial charge in [-0.2, -0.15) is 0 Å². The molecule has 0 saturated heterocycles. The van der Waals surface area contributed by atoms with Crippen LogP contribution in [-0.2, 0) is 0 Å². The van der Waals surface area contributed by atoms with E-state index in [-0.39, 0.29) is 11.4 Å². The first-order valence-electron chi connectivity index (χ1n) is 2.74. The molecule has 0 bridgehead atoms. The van der Waals surface area contributed by atoms with Crippen LogP contribution in [0.3, 0.4) is 0 Å². The highest BCUT2D eigenvalue weighted by molar-refractivity contribution is 5.75. The minimum atomic E-state index is -0.0718. The van der Waals surface area contributed by atoms with Gasteiger partial charge in [0.05, 0.1) is 11.4 Å².